The van der Waals surface area contributed by atoms with E-state index in [4.69, 9.17) is 4.74 Å². The average molecular weight is 325 g/mol. The molecule has 24 heavy (non-hydrogen) atoms. The first kappa shape index (κ1) is 18.2. The van der Waals surface area contributed by atoms with Gasteiger partial charge in [0.1, 0.15) is 0 Å². The number of rotatable bonds is 9. The quantitative estimate of drug-likeness (QED) is 0.706. The van der Waals surface area contributed by atoms with Crippen LogP contribution in [0.15, 0.2) is 54.6 Å². The Labute approximate surface area is 145 Å². The van der Waals surface area contributed by atoms with E-state index in [0.29, 0.717) is 25.5 Å². The number of hydrogen-bond donors (Lipinski definition) is 1. The van der Waals surface area contributed by atoms with E-state index in [1.54, 1.807) is 0 Å². The summed E-state index contributed by atoms with van der Waals surface area (Å²) in [6.45, 7) is 6.40. The van der Waals surface area contributed by atoms with Gasteiger partial charge in [-0.3, -0.25) is 4.79 Å². The highest BCUT2D eigenvalue weighted by molar-refractivity contribution is 5.78. The number of ether oxygens (including phenoxy) is 1. The molecule has 0 aliphatic carbocycles. The van der Waals surface area contributed by atoms with E-state index in [9.17, 15) is 4.79 Å². The molecule has 0 atom stereocenters. The van der Waals surface area contributed by atoms with Crippen LogP contribution in [0.1, 0.15) is 25.8 Å². The van der Waals surface area contributed by atoms with Crippen molar-refractivity contribution in [2.24, 2.45) is 5.92 Å². The third kappa shape index (κ3) is 6.55. The van der Waals surface area contributed by atoms with Crippen LogP contribution in [0.3, 0.4) is 0 Å². The minimum atomic E-state index is 0.0614. The van der Waals surface area contributed by atoms with Crippen molar-refractivity contribution in [3.05, 3.63) is 60.2 Å². The van der Waals surface area contributed by atoms with Crippen molar-refractivity contribution in [1.82, 2.24) is 5.32 Å². The molecule has 3 nitrogen and oxygen atoms in total. The van der Waals surface area contributed by atoms with Gasteiger partial charge in [0.2, 0.25) is 5.91 Å². The highest BCUT2D eigenvalue weighted by Crippen LogP contribution is 2.19. The van der Waals surface area contributed by atoms with Gasteiger partial charge in [-0.25, -0.2) is 0 Å². The van der Waals surface area contributed by atoms with Gasteiger partial charge >= 0.3 is 0 Å². The summed E-state index contributed by atoms with van der Waals surface area (Å²) in [6.07, 6.45) is 1.27. The summed E-state index contributed by atoms with van der Waals surface area (Å²) in [4.78, 5) is 12.0. The molecule has 1 N–H and O–H groups in total. The average Bonchev–Trinajstić information content (AvgIpc) is 2.59. The Morgan fingerprint density at radius 1 is 1.00 bits per heavy atom. The Bertz CT molecular complexity index is 605. The summed E-state index contributed by atoms with van der Waals surface area (Å²) < 4.78 is 5.50. The van der Waals surface area contributed by atoms with Crippen LogP contribution in [0, 0.1) is 5.92 Å². The van der Waals surface area contributed by atoms with Crippen molar-refractivity contribution in [2.45, 2.75) is 26.7 Å². The van der Waals surface area contributed by atoms with Crippen LogP contribution in [0.5, 0.6) is 0 Å². The summed E-state index contributed by atoms with van der Waals surface area (Å²) >= 11 is 0. The Balaban J connectivity index is 1.70. The zero-order chi connectivity index (χ0) is 17.2. The lowest BCUT2D eigenvalue weighted by Gasteiger charge is -2.08. The van der Waals surface area contributed by atoms with Gasteiger partial charge in [-0.2, -0.15) is 0 Å². The molecule has 0 aromatic heterocycles. The molecule has 0 saturated carbocycles. The maximum absolute atomic E-state index is 12.0. The molecule has 2 aromatic carbocycles. The number of carbonyl (C=O) groups excluding carboxylic acids is 1. The van der Waals surface area contributed by atoms with Crippen molar-refractivity contribution >= 4 is 5.91 Å². The molecular weight excluding hydrogens is 298 g/mol. The van der Waals surface area contributed by atoms with Gasteiger partial charge < -0.3 is 10.1 Å². The van der Waals surface area contributed by atoms with E-state index < -0.39 is 0 Å². The van der Waals surface area contributed by atoms with Crippen LogP contribution >= 0.6 is 0 Å². The Hall–Kier alpha value is -2.13. The predicted octanol–water partition coefficient (Wildman–Crippen LogP) is 4.08. The highest BCUT2D eigenvalue weighted by Gasteiger charge is 2.04. The molecule has 128 valence electrons. The molecule has 0 fully saturated rings. The summed E-state index contributed by atoms with van der Waals surface area (Å²) in [7, 11) is 0. The second kappa shape index (κ2) is 9.89. The lowest BCUT2D eigenvalue weighted by Crippen LogP contribution is -2.26. The smallest absolute Gasteiger partial charge is 0.224 e. The first-order chi connectivity index (χ1) is 11.6. The van der Waals surface area contributed by atoms with Gasteiger partial charge in [-0.1, -0.05) is 68.4 Å². The second-order valence-corrected chi connectivity index (χ2v) is 6.41. The minimum Gasteiger partial charge on any atom is -0.381 e. The number of carbonyl (C=O) groups is 1. The maximum atomic E-state index is 12.0. The molecule has 0 spiro atoms. The summed E-state index contributed by atoms with van der Waals surface area (Å²) in [5.74, 6) is 0.616. The Kier molecular flexibility index (Phi) is 7.50. The third-order valence-corrected chi connectivity index (χ3v) is 3.66. The molecule has 2 rings (SSSR count). The van der Waals surface area contributed by atoms with E-state index in [1.807, 2.05) is 30.3 Å². The van der Waals surface area contributed by atoms with Gasteiger partial charge in [0, 0.05) is 19.8 Å². The van der Waals surface area contributed by atoms with Crippen LogP contribution in [0.25, 0.3) is 11.1 Å². The van der Waals surface area contributed by atoms with Crippen molar-refractivity contribution in [3.63, 3.8) is 0 Å². The number of benzene rings is 2. The summed E-state index contributed by atoms with van der Waals surface area (Å²) in [5, 5.41) is 2.95. The molecule has 0 aliphatic heterocycles. The van der Waals surface area contributed by atoms with Crippen LogP contribution in [0.4, 0.5) is 0 Å². The van der Waals surface area contributed by atoms with E-state index >= 15 is 0 Å². The molecule has 0 unspecified atom stereocenters. The number of hydrogen-bond acceptors (Lipinski definition) is 2. The Morgan fingerprint density at radius 2 is 1.67 bits per heavy atom. The lowest BCUT2D eigenvalue weighted by molar-refractivity contribution is -0.120. The van der Waals surface area contributed by atoms with Crippen LogP contribution in [0.2, 0.25) is 0 Å². The molecule has 2 aromatic rings. The van der Waals surface area contributed by atoms with Crippen molar-refractivity contribution in [3.8, 4) is 11.1 Å². The fraction of sp³-hybridized carbons (Fsp3) is 0.381. The molecule has 3 heteroatoms. The van der Waals surface area contributed by atoms with E-state index in [2.05, 4.69) is 43.4 Å². The van der Waals surface area contributed by atoms with Gasteiger partial charge in [-0.15, -0.1) is 0 Å². The molecule has 0 radical (unpaired) electrons. The largest absolute Gasteiger partial charge is 0.381 e. The molecule has 0 saturated heterocycles. The van der Waals surface area contributed by atoms with Crippen molar-refractivity contribution in [1.29, 1.82) is 0 Å². The van der Waals surface area contributed by atoms with Crippen LogP contribution < -0.4 is 5.32 Å². The molecule has 0 aliphatic rings. The normalized spacial score (nSPS) is 10.8. The Morgan fingerprint density at radius 3 is 2.33 bits per heavy atom. The molecule has 1 amide bonds. The highest BCUT2D eigenvalue weighted by atomic mass is 16.5. The molecular formula is C21H27NO2. The standard InChI is InChI=1S/C21H27NO2/c1-17(2)16-24-14-6-13-22-21(23)15-18-9-11-20(12-10-18)19-7-4-3-5-8-19/h3-5,7-12,17H,6,13-16H2,1-2H3,(H,22,23). The van der Waals surface area contributed by atoms with Gasteiger partial charge in [0.25, 0.3) is 0 Å². The zero-order valence-electron chi connectivity index (χ0n) is 14.6. The van der Waals surface area contributed by atoms with Crippen molar-refractivity contribution < 1.29 is 9.53 Å². The van der Waals surface area contributed by atoms with Gasteiger partial charge in [-0.05, 0) is 29.0 Å². The first-order valence-corrected chi connectivity index (χ1v) is 8.64. The number of amides is 1. The van der Waals surface area contributed by atoms with Crippen molar-refractivity contribution in [2.75, 3.05) is 19.8 Å². The third-order valence-electron chi connectivity index (χ3n) is 3.66. The monoisotopic (exact) mass is 325 g/mol. The van der Waals surface area contributed by atoms with Crippen LogP contribution in [-0.2, 0) is 16.0 Å². The lowest BCUT2D eigenvalue weighted by atomic mass is 10.0. The second-order valence-electron chi connectivity index (χ2n) is 6.41. The maximum Gasteiger partial charge on any atom is 0.224 e. The summed E-state index contributed by atoms with van der Waals surface area (Å²) in [5.41, 5.74) is 3.39. The first-order valence-electron chi connectivity index (χ1n) is 8.64. The predicted molar refractivity (Wildman–Crippen MR) is 98.9 cm³/mol. The van der Waals surface area contributed by atoms with Gasteiger partial charge in [0.05, 0.1) is 6.42 Å². The molecule has 0 heterocycles. The van der Waals surface area contributed by atoms with E-state index in [-0.39, 0.29) is 5.91 Å². The van der Waals surface area contributed by atoms with Gasteiger partial charge in [0.15, 0.2) is 0 Å². The fourth-order valence-corrected chi connectivity index (χ4v) is 2.41. The van der Waals surface area contributed by atoms with Crippen LogP contribution in [-0.4, -0.2) is 25.7 Å². The van der Waals surface area contributed by atoms with E-state index in [1.165, 1.54) is 11.1 Å². The topological polar surface area (TPSA) is 38.3 Å². The minimum absolute atomic E-state index is 0.0614. The summed E-state index contributed by atoms with van der Waals surface area (Å²) in [6, 6.07) is 18.4. The molecule has 0 bridgehead atoms. The fourth-order valence-electron chi connectivity index (χ4n) is 2.41. The number of nitrogens with one attached hydrogen (secondary N) is 1. The van der Waals surface area contributed by atoms with E-state index in [0.717, 1.165) is 18.6 Å². The zero-order valence-corrected chi connectivity index (χ0v) is 14.6. The SMILES string of the molecule is CC(C)COCCCNC(=O)Cc1ccc(-c2ccccc2)cc1.